The zero-order valence-electron chi connectivity index (χ0n) is 12.5. The summed E-state index contributed by atoms with van der Waals surface area (Å²) < 4.78 is 37.6. The van der Waals surface area contributed by atoms with E-state index in [9.17, 15) is 22.8 Å². The maximum Gasteiger partial charge on any atom is 0.433 e. The minimum Gasteiger partial charge on any atom is -0.480 e. The molecule has 126 valence electrons. The number of amides is 2. The minimum absolute atomic E-state index is 0.00528. The number of aromatic nitrogens is 1. The van der Waals surface area contributed by atoms with Gasteiger partial charge in [-0.1, -0.05) is 13.8 Å². The van der Waals surface area contributed by atoms with Gasteiger partial charge in [0.15, 0.2) is 0 Å². The van der Waals surface area contributed by atoms with Crippen LogP contribution >= 0.6 is 0 Å². The molecular weight excluding hydrogens is 315 g/mol. The van der Waals surface area contributed by atoms with E-state index in [2.05, 4.69) is 4.98 Å². The van der Waals surface area contributed by atoms with Crippen molar-refractivity contribution in [3.63, 3.8) is 0 Å². The van der Waals surface area contributed by atoms with Gasteiger partial charge in [0.1, 0.15) is 12.2 Å². The first kappa shape index (κ1) is 17.0. The lowest BCUT2D eigenvalue weighted by Gasteiger charge is -2.23. The fraction of sp³-hybridized carbons (Fsp3) is 0.500. The van der Waals surface area contributed by atoms with Gasteiger partial charge in [-0.15, -0.1) is 0 Å². The summed E-state index contributed by atoms with van der Waals surface area (Å²) >= 11 is 0. The number of carboxylic acids is 1. The number of halogens is 3. The zero-order chi connectivity index (χ0) is 17.4. The smallest absolute Gasteiger partial charge is 0.433 e. The molecule has 1 N–H and O–H groups in total. The highest BCUT2D eigenvalue weighted by atomic mass is 19.4. The predicted octanol–water partition coefficient (Wildman–Crippen LogP) is 2.45. The highest BCUT2D eigenvalue weighted by molar-refractivity contribution is 5.96. The third-order valence-corrected chi connectivity index (χ3v) is 3.67. The standard InChI is InChI=1S/C14H16F3N3O3/c1-8(2)10-6-19(13(23)20(10)7-12(21)22)9-3-4-11(18-5-9)14(15,16)17/h3-5,8,10H,6-7H2,1-2H3,(H,21,22)/t10-/m1/s1. The Morgan fingerprint density at radius 3 is 2.52 bits per heavy atom. The molecule has 0 radical (unpaired) electrons. The summed E-state index contributed by atoms with van der Waals surface area (Å²) in [5, 5.41) is 8.92. The van der Waals surface area contributed by atoms with E-state index in [1.54, 1.807) is 0 Å². The van der Waals surface area contributed by atoms with E-state index in [4.69, 9.17) is 5.11 Å². The minimum atomic E-state index is -4.55. The van der Waals surface area contributed by atoms with Gasteiger partial charge in [0.2, 0.25) is 0 Å². The Hall–Kier alpha value is -2.32. The SMILES string of the molecule is CC(C)[C@H]1CN(c2ccc(C(F)(F)F)nc2)C(=O)N1CC(=O)O. The molecule has 0 saturated carbocycles. The van der Waals surface area contributed by atoms with Gasteiger partial charge in [-0.05, 0) is 18.1 Å². The Kier molecular flexibility index (Phi) is 4.49. The van der Waals surface area contributed by atoms with Crippen molar-refractivity contribution < 1.29 is 27.9 Å². The maximum atomic E-state index is 12.5. The van der Waals surface area contributed by atoms with E-state index in [-0.39, 0.29) is 24.2 Å². The average molecular weight is 331 g/mol. The molecule has 0 bridgehead atoms. The lowest BCUT2D eigenvalue weighted by molar-refractivity contribution is -0.141. The molecule has 1 atom stereocenters. The van der Waals surface area contributed by atoms with Crippen molar-refractivity contribution in [3.05, 3.63) is 24.0 Å². The summed E-state index contributed by atoms with van der Waals surface area (Å²) in [6.45, 7) is 3.45. The van der Waals surface area contributed by atoms with Crippen LogP contribution < -0.4 is 4.90 Å². The lowest BCUT2D eigenvalue weighted by Crippen LogP contribution is -2.41. The van der Waals surface area contributed by atoms with Gasteiger partial charge in [-0.2, -0.15) is 13.2 Å². The molecule has 0 unspecified atom stereocenters. The first-order valence-corrected chi connectivity index (χ1v) is 6.94. The number of aliphatic carboxylic acids is 1. The fourth-order valence-electron chi connectivity index (χ4n) is 2.49. The van der Waals surface area contributed by atoms with Crippen molar-refractivity contribution in [2.24, 2.45) is 5.92 Å². The lowest BCUT2D eigenvalue weighted by atomic mass is 10.0. The number of nitrogens with zero attached hydrogens (tertiary/aromatic N) is 3. The number of rotatable bonds is 4. The summed E-state index contributed by atoms with van der Waals surface area (Å²) in [4.78, 5) is 29.1. The topological polar surface area (TPSA) is 73.7 Å². The highest BCUT2D eigenvalue weighted by Crippen LogP contribution is 2.31. The molecule has 1 aromatic rings. The molecular formula is C14H16F3N3O3. The fourth-order valence-corrected chi connectivity index (χ4v) is 2.49. The molecule has 6 nitrogen and oxygen atoms in total. The summed E-state index contributed by atoms with van der Waals surface area (Å²) in [7, 11) is 0. The van der Waals surface area contributed by atoms with E-state index in [0.717, 1.165) is 18.3 Å². The number of hydrogen-bond donors (Lipinski definition) is 1. The molecule has 23 heavy (non-hydrogen) atoms. The molecule has 2 rings (SSSR count). The number of alkyl halides is 3. The van der Waals surface area contributed by atoms with Crippen LogP contribution in [-0.4, -0.2) is 46.1 Å². The van der Waals surface area contributed by atoms with Crippen molar-refractivity contribution >= 4 is 17.7 Å². The largest absolute Gasteiger partial charge is 0.480 e. The monoisotopic (exact) mass is 331 g/mol. The van der Waals surface area contributed by atoms with Crippen molar-refractivity contribution in [1.82, 2.24) is 9.88 Å². The maximum absolute atomic E-state index is 12.5. The average Bonchev–Trinajstić information content (AvgIpc) is 2.75. The molecule has 9 heteroatoms. The number of hydrogen-bond acceptors (Lipinski definition) is 3. The Morgan fingerprint density at radius 2 is 2.09 bits per heavy atom. The highest BCUT2D eigenvalue weighted by Gasteiger charge is 2.41. The van der Waals surface area contributed by atoms with Crippen LogP contribution in [0, 0.1) is 5.92 Å². The number of carbonyl (C=O) groups excluding carboxylic acids is 1. The summed E-state index contributed by atoms with van der Waals surface area (Å²) in [6.07, 6.45) is -3.58. The third kappa shape index (κ3) is 3.54. The Morgan fingerprint density at radius 1 is 1.43 bits per heavy atom. The number of urea groups is 1. The summed E-state index contributed by atoms with van der Waals surface area (Å²) in [6, 6.07) is 1.08. The van der Waals surface area contributed by atoms with Gasteiger partial charge in [0.25, 0.3) is 0 Å². The third-order valence-electron chi connectivity index (χ3n) is 3.67. The molecule has 0 spiro atoms. The van der Waals surface area contributed by atoms with Gasteiger partial charge in [-0.3, -0.25) is 9.69 Å². The first-order valence-electron chi connectivity index (χ1n) is 6.94. The molecule has 2 heterocycles. The normalized spacial score (nSPS) is 18.9. The second-order valence-corrected chi connectivity index (χ2v) is 5.63. The van der Waals surface area contributed by atoms with Gasteiger partial charge < -0.3 is 10.0 Å². The zero-order valence-corrected chi connectivity index (χ0v) is 12.5. The summed E-state index contributed by atoms with van der Waals surface area (Å²) in [5.41, 5.74) is -0.836. The molecule has 0 aromatic carbocycles. The Balaban J connectivity index is 2.26. The van der Waals surface area contributed by atoms with Crippen molar-refractivity contribution in [3.8, 4) is 0 Å². The molecule has 1 saturated heterocycles. The second-order valence-electron chi connectivity index (χ2n) is 5.63. The van der Waals surface area contributed by atoms with Crippen LogP contribution in [0.25, 0.3) is 0 Å². The van der Waals surface area contributed by atoms with E-state index in [1.807, 2.05) is 13.8 Å². The molecule has 1 aliphatic rings. The van der Waals surface area contributed by atoms with Crippen LogP contribution in [0.5, 0.6) is 0 Å². The molecule has 2 amide bonds. The van der Waals surface area contributed by atoms with Crippen LogP contribution in [-0.2, 0) is 11.0 Å². The van der Waals surface area contributed by atoms with Crippen LogP contribution in [0.15, 0.2) is 18.3 Å². The van der Waals surface area contributed by atoms with E-state index in [0.29, 0.717) is 0 Å². The van der Waals surface area contributed by atoms with Crippen molar-refractivity contribution in [1.29, 1.82) is 0 Å². The van der Waals surface area contributed by atoms with E-state index < -0.39 is 30.4 Å². The van der Waals surface area contributed by atoms with Gasteiger partial charge in [0.05, 0.1) is 17.9 Å². The van der Waals surface area contributed by atoms with Crippen LogP contribution in [0.4, 0.5) is 23.7 Å². The molecule has 1 fully saturated rings. The first-order chi connectivity index (χ1) is 10.6. The Labute approximate surface area is 130 Å². The van der Waals surface area contributed by atoms with Crippen molar-refractivity contribution in [2.45, 2.75) is 26.1 Å². The van der Waals surface area contributed by atoms with Gasteiger partial charge >= 0.3 is 18.2 Å². The quantitative estimate of drug-likeness (QED) is 0.920. The van der Waals surface area contributed by atoms with Crippen LogP contribution in [0.2, 0.25) is 0 Å². The van der Waals surface area contributed by atoms with Gasteiger partial charge in [0, 0.05) is 6.54 Å². The number of carbonyl (C=O) groups is 2. The van der Waals surface area contributed by atoms with Crippen LogP contribution in [0.3, 0.4) is 0 Å². The predicted molar refractivity (Wildman–Crippen MR) is 74.9 cm³/mol. The molecule has 1 aromatic heterocycles. The van der Waals surface area contributed by atoms with E-state index in [1.165, 1.54) is 9.80 Å². The second kappa shape index (κ2) is 6.05. The molecule has 0 aliphatic carbocycles. The number of carboxylic acid groups (broad SMARTS) is 1. The summed E-state index contributed by atoms with van der Waals surface area (Å²) in [5.74, 6) is -1.14. The number of pyridine rings is 1. The molecule has 1 aliphatic heterocycles. The van der Waals surface area contributed by atoms with Crippen molar-refractivity contribution in [2.75, 3.05) is 18.0 Å². The van der Waals surface area contributed by atoms with Gasteiger partial charge in [-0.25, -0.2) is 9.78 Å². The Bertz CT molecular complexity index is 602. The van der Waals surface area contributed by atoms with E-state index >= 15 is 0 Å². The van der Waals surface area contributed by atoms with Crippen LogP contribution in [0.1, 0.15) is 19.5 Å². The number of anilines is 1.